The second-order valence-corrected chi connectivity index (χ2v) is 4.04. The predicted molar refractivity (Wildman–Crippen MR) is 95.0 cm³/mol. The summed E-state index contributed by atoms with van der Waals surface area (Å²) in [5.74, 6) is -0.963. The Labute approximate surface area is 149 Å². The van der Waals surface area contributed by atoms with Crippen LogP contribution in [0.15, 0.2) is 25.3 Å². The van der Waals surface area contributed by atoms with E-state index < -0.39 is 11.8 Å². The third kappa shape index (κ3) is 44.9. The summed E-state index contributed by atoms with van der Waals surface area (Å²) in [4.78, 5) is 18.9. The minimum absolute atomic E-state index is 0.481. The number of amides is 2. The molecule has 0 aliphatic rings. The molecule has 0 unspecified atom stereocenters. The molecular weight excluding hydrogens is 332 g/mol. The van der Waals surface area contributed by atoms with Crippen LogP contribution < -0.4 is 11.5 Å². The van der Waals surface area contributed by atoms with Crippen LogP contribution in [-0.2, 0) is 33.3 Å². The largest absolute Gasteiger partial charge is 0.382 e. The van der Waals surface area contributed by atoms with Gasteiger partial charge in [0.15, 0.2) is 0 Å². The van der Waals surface area contributed by atoms with Crippen LogP contribution in [0, 0.1) is 0 Å². The van der Waals surface area contributed by atoms with Gasteiger partial charge in [-0.25, -0.2) is 0 Å². The summed E-state index contributed by atoms with van der Waals surface area (Å²) in [5.41, 5.74) is 9.07. The molecule has 0 rings (SSSR count). The van der Waals surface area contributed by atoms with Crippen LogP contribution in [0.1, 0.15) is 0 Å². The van der Waals surface area contributed by atoms with E-state index in [9.17, 15) is 9.59 Å². The highest BCUT2D eigenvalue weighted by Crippen LogP contribution is 1.82. The van der Waals surface area contributed by atoms with Crippen molar-refractivity contribution in [2.45, 2.75) is 0 Å². The van der Waals surface area contributed by atoms with Crippen LogP contribution in [-0.4, -0.2) is 78.9 Å². The van der Waals surface area contributed by atoms with Gasteiger partial charge in [0, 0.05) is 14.2 Å². The Morgan fingerprint density at radius 2 is 0.880 bits per heavy atom. The first-order chi connectivity index (χ1) is 12.0. The zero-order chi connectivity index (χ0) is 19.8. The molecule has 9 heteroatoms. The minimum Gasteiger partial charge on any atom is -0.382 e. The molecule has 0 aliphatic heterocycles. The first kappa shape index (κ1) is 28.0. The second kappa shape index (κ2) is 27.1. The van der Waals surface area contributed by atoms with Crippen molar-refractivity contribution < 1.29 is 33.3 Å². The van der Waals surface area contributed by atoms with Crippen molar-refractivity contribution in [3.8, 4) is 0 Å². The SMILES string of the molecule is C=CC(N)=O.C=CC(N)=O.COCCOCCOCCOCCOC. The van der Waals surface area contributed by atoms with Crippen molar-refractivity contribution in [1.82, 2.24) is 0 Å². The summed E-state index contributed by atoms with van der Waals surface area (Å²) in [6.45, 7) is 11.0. The zero-order valence-electron chi connectivity index (χ0n) is 15.2. The van der Waals surface area contributed by atoms with Gasteiger partial charge in [0.25, 0.3) is 0 Å². The molecule has 2 amide bonds. The monoisotopic (exact) mass is 364 g/mol. The molecule has 0 aromatic carbocycles. The van der Waals surface area contributed by atoms with Gasteiger partial charge in [0.2, 0.25) is 11.8 Å². The maximum Gasteiger partial charge on any atom is 0.240 e. The summed E-state index contributed by atoms with van der Waals surface area (Å²) < 4.78 is 25.3. The fraction of sp³-hybridized carbons (Fsp3) is 0.625. The van der Waals surface area contributed by atoms with E-state index >= 15 is 0 Å². The number of primary amides is 2. The van der Waals surface area contributed by atoms with E-state index in [1.165, 1.54) is 0 Å². The Bertz CT molecular complexity index is 296. The molecule has 25 heavy (non-hydrogen) atoms. The Morgan fingerprint density at radius 3 is 1.04 bits per heavy atom. The number of ether oxygens (including phenoxy) is 5. The molecule has 0 radical (unpaired) electrons. The molecule has 0 saturated heterocycles. The number of carbonyl (C=O) groups is 2. The van der Waals surface area contributed by atoms with Crippen molar-refractivity contribution in [3.05, 3.63) is 25.3 Å². The van der Waals surface area contributed by atoms with Crippen molar-refractivity contribution in [2.24, 2.45) is 11.5 Å². The normalized spacial score (nSPS) is 9.04. The number of hydrogen-bond acceptors (Lipinski definition) is 7. The average molecular weight is 364 g/mol. The van der Waals surface area contributed by atoms with E-state index in [0.29, 0.717) is 52.9 Å². The number of carbonyl (C=O) groups excluding carboxylic acids is 2. The van der Waals surface area contributed by atoms with Crippen LogP contribution in [0.4, 0.5) is 0 Å². The molecule has 0 saturated carbocycles. The lowest BCUT2D eigenvalue weighted by Gasteiger charge is -2.06. The Balaban J connectivity index is -0.000000396. The van der Waals surface area contributed by atoms with E-state index in [0.717, 1.165) is 12.2 Å². The lowest BCUT2D eigenvalue weighted by molar-refractivity contribution is -0.114. The zero-order valence-corrected chi connectivity index (χ0v) is 15.2. The topological polar surface area (TPSA) is 132 Å². The van der Waals surface area contributed by atoms with E-state index in [1.54, 1.807) is 14.2 Å². The van der Waals surface area contributed by atoms with E-state index in [4.69, 9.17) is 23.7 Å². The number of hydrogen-bond donors (Lipinski definition) is 2. The first-order valence-corrected chi connectivity index (χ1v) is 7.51. The van der Waals surface area contributed by atoms with Crippen LogP contribution in [0.5, 0.6) is 0 Å². The van der Waals surface area contributed by atoms with Gasteiger partial charge in [-0.1, -0.05) is 13.2 Å². The highest BCUT2D eigenvalue weighted by Gasteiger charge is 1.91. The predicted octanol–water partition coefficient (Wildman–Crippen LogP) is -0.356. The number of nitrogens with two attached hydrogens (primary N) is 2. The van der Waals surface area contributed by atoms with E-state index in [1.807, 2.05) is 0 Å². The summed E-state index contributed by atoms with van der Waals surface area (Å²) in [6.07, 6.45) is 2.11. The van der Waals surface area contributed by atoms with Crippen molar-refractivity contribution in [2.75, 3.05) is 67.1 Å². The highest BCUT2D eigenvalue weighted by molar-refractivity contribution is 5.85. The van der Waals surface area contributed by atoms with Crippen molar-refractivity contribution >= 4 is 11.8 Å². The summed E-state index contributed by atoms with van der Waals surface area (Å²) >= 11 is 0. The van der Waals surface area contributed by atoms with Gasteiger partial charge in [-0.3, -0.25) is 9.59 Å². The maximum atomic E-state index is 9.47. The van der Waals surface area contributed by atoms with Crippen LogP contribution in [0.2, 0.25) is 0 Å². The molecular formula is C16H32N2O7. The number of methoxy groups -OCH3 is 2. The molecule has 0 bridgehead atoms. The van der Waals surface area contributed by atoms with Crippen molar-refractivity contribution in [1.29, 1.82) is 0 Å². The molecule has 0 aliphatic carbocycles. The van der Waals surface area contributed by atoms with Crippen LogP contribution in [0.3, 0.4) is 0 Å². The fourth-order valence-corrected chi connectivity index (χ4v) is 0.826. The molecule has 0 aromatic heterocycles. The molecule has 0 spiro atoms. The third-order valence-corrected chi connectivity index (χ3v) is 2.01. The quantitative estimate of drug-likeness (QED) is 0.318. The molecule has 0 fully saturated rings. The summed E-state index contributed by atoms with van der Waals surface area (Å²) in [7, 11) is 3.30. The molecule has 0 heterocycles. The van der Waals surface area contributed by atoms with Gasteiger partial charge in [-0.15, -0.1) is 0 Å². The molecule has 0 aromatic rings. The average Bonchev–Trinajstić information content (AvgIpc) is 2.60. The third-order valence-electron chi connectivity index (χ3n) is 2.01. The first-order valence-electron chi connectivity index (χ1n) is 7.51. The van der Waals surface area contributed by atoms with Crippen LogP contribution >= 0.6 is 0 Å². The van der Waals surface area contributed by atoms with Gasteiger partial charge < -0.3 is 35.2 Å². The van der Waals surface area contributed by atoms with Crippen LogP contribution in [0.25, 0.3) is 0 Å². The van der Waals surface area contributed by atoms with Gasteiger partial charge in [-0.2, -0.15) is 0 Å². The smallest absolute Gasteiger partial charge is 0.240 e. The van der Waals surface area contributed by atoms with E-state index in [-0.39, 0.29) is 0 Å². The molecule has 9 nitrogen and oxygen atoms in total. The highest BCUT2D eigenvalue weighted by atomic mass is 16.6. The minimum atomic E-state index is -0.481. The van der Waals surface area contributed by atoms with Gasteiger partial charge in [-0.05, 0) is 12.2 Å². The van der Waals surface area contributed by atoms with Gasteiger partial charge >= 0.3 is 0 Å². The molecule has 4 N–H and O–H groups in total. The standard InChI is InChI=1S/C10H22O5.2C3H5NO/c1-11-3-5-13-7-9-15-10-8-14-6-4-12-2;2*1-2-3(4)5/h3-10H2,1-2H3;2*2H,1H2,(H2,4,5). The van der Waals surface area contributed by atoms with E-state index in [2.05, 4.69) is 24.6 Å². The lowest BCUT2D eigenvalue weighted by atomic mass is 10.6. The molecule has 148 valence electrons. The van der Waals surface area contributed by atoms with Crippen molar-refractivity contribution in [3.63, 3.8) is 0 Å². The van der Waals surface area contributed by atoms with Gasteiger partial charge in [0.05, 0.1) is 52.9 Å². The summed E-state index contributed by atoms with van der Waals surface area (Å²) in [5, 5.41) is 0. The Kier molecular flexibility index (Phi) is 30.4. The Morgan fingerprint density at radius 1 is 0.680 bits per heavy atom. The maximum absolute atomic E-state index is 9.47. The Hall–Kier alpha value is -1.78. The van der Waals surface area contributed by atoms with Gasteiger partial charge in [0.1, 0.15) is 0 Å². The summed E-state index contributed by atoms with van der Waals surface area (Å²) in [6, 6.07) is 0. The molecule has 0 atom stereocenters. The number of rotatable bonds is 14. The fourth-order valence-electron chi connectivity index (χ4n) is 0.826. The lowest BCUT2D eigenvalue weighted by Crippen LogP contribution is -2.12. The second-order valence-electron chi connectivity index (χ2n) is 4.04.